The van der Waals surface area contributed by atoms with Crippen LogP contribution >= 0.6 is 34.8 Å². The van der Waals surface area contributed by atoms with E-state index in [-0.39, 0.29) is 22.3 Å². The summed E-state index contributed by atoms with van der Waals surface area (Å²) >= 11 is 19.0. The number of carbonyl (C=O) groups is 2. The van der Waals surface area contributed by atoms with E-state index in [9.17, 15) is 9.59 Å². The maximum Gasteiger partial charge on any atom is 0.333 e. The Kier molecular flexibility index (Phi) is 6.39. The van der Waals surface area contributed by atoms with E-state index in [1.54, 1.807) is 30.3 Å². The molecular weight excluding hydrogens is 507 g/mol. The van der Waals surface area contributed by atoms with Crippen LogP contribution in [0.1, 0.15) is 11.1 Å². The number of fused-ring (bicyclic) bond motifs is 1. The molecule has 1 aliphatic heterocycles. The van der Waals surface area contributed by atoms with E-state index < -0.39 is 11.9 Å². The van der Waals surface area contributed by atoms with Crippen molar-refractivity contribution in [1.29, 1.82) is 0 Å². The Morgan fingerprint density at radius 3 is 2.34 bits per heavy atom. The molecule has 4 aromatic carbocycles. The summed E-state index contributed by atoms with van der Waals surface area (Å²) in [5, 5.41) is 5.76. The van der Waals surface area contributed by atoms with Crippen molar-refractivity contribution in [1.82, 2.24) is 5.32 Å². The van der Waals surface area contributed by atoms with Gasteiger partial charge in [-0.15, -0.1) is 0 Å². The zero-order chi connectivity index (χ0) is 24.5. The van der Waals surface area contributed by atoms with Crippen molar-refractivity contribution < 1.29 is 14.3 Å². The molecule has 0 atom stereocenters. The van der Waals surface area contributed by atoms with Crippen LogP contribution in [0, 0.1) is 0 Å². The molecule has 1 saturated heterocycles. The second-order valence-electron chi connectivity index (χ2n) is 7.85. The van der Waals surface area contributed by atoms with Gasteiger partial charge in [-0.1, -0.05) is 83.3 Å². The summed E-state index contributed by atoms with van der Waals surface area (Å²) in [6.07, 6.45) is 1.51. The van der Waals surface area contributed by atoms with Gasteiger partial charge in [-0.05, 0) is 58.3 Å². The highest BCUT2D eigenvalue weighted by Crippen LogP contribution is 2.36. The first kappa shape index (κ1) is 23.2. The number of carbonyl (C=O) groups excluding carboxylic acids is 2. The van der Waals surface area contributed by atoms with E-state index in [2.05, 4.69) is 5.32 Å². The average molecular weight is 524 g/mol. The van der Waals surface area contributed by atoms with Crippen molar-refractivity contribution >= 4 is 69.3 Å². The lowest BCUT2D eigenvalue weighted by molar-refractivity contribution is -0.113. The van der Waals surface area contributed by atoms with Gasteiger partial charge in [-0.25, -0.2) is 9.69 Å². The largest absolute Gasteiger partial charge is 0.486 e. The topological polar surface area (TPSA) is 58.6 Å². The van der Waals surface area contributed by atoms with Crippen LogP contribution in [0.3, 0.4) is 0 Å². The predicted octanol–water partition coefficient (Wildman–Crippen LogP) is 7.48. The van der Waals surface area contributed by atoms with Gasteiger partial charge >= 0.3 is 6.03 Å². The van der Waals surface area contributed by atoms with Crippen LogP contribution in [-0.4, -0.2) is 11.9 Å². The number of urea groups is 1. The van der Waals surface area contributed by atoms with Crippen LogP contribution in [0.2, 0.25) is 15.1 Å². The number of hydrogen-bond donors (Lipinski definition) is 1. The number of hydrogen-bond acceptors (Lipinski definition) is 3. The standard InChI is InChI=1S/C27H17Cl3N2O3/c28-19-8-4-9-20(14-19)32-26(33)24(31-27(32)34)13-16-11-22(29)25(23(30)12-16)35-15-18-7-3-6-17-5-1-2-10-21(17)18/h1-14H,15H2,(H,31,34)/b24-13+. The molecule has 5 rings (SSSR count). The van der Waals surface area contributed by atoms with Crippen molar-refractivity contribution in [3.05, 3.63) is 111 Å². The molecule has 0 spiro atoms. The van der Waals surface area contributed by atoms with Crippen LogP contribution in [0.5, 0.6) is 5.75 Å². The lowest BCUT2D eigenvalue weighted by Crippen LogP contribution is -2.30. The first-order valence-electron chi connectivity index (χ1n) is 10.6. The van der Waals surface area contributed by atoms with E-state index in [0.29, 0.717) is 22.0 Å². The smallest absolute Gasteiger partial charge is 0.333 e. The summed E-state index contributed by atoms with van der Waals surface area (Å²) in [6, 6.07) is 23.2. The Morgan fingerprint density at radius 1 is 0.857 bits per heavy atom. The van der Waals surface area contributed by atoms with Gasteiger partial charge in [-0.2, -0.15) is 0 Å². The molecule has 4 aromatic rings. The van der Waals surface area contributed by atoms with Gasteiger partial charge in [0.05, 0.1) is 15.7 Å². The van der Waals surface area contributed by atoms with E-state index in [1.807, 2.05) is 42.5 Å². The number of halogens is 3. The Hall–Kier alpha value is -3.51. The number of nitrogens with zero attached hydrogens (tertiary/aromatic N) is 1. The Balaban J connectivity index is 1.38. The molecule has 0 aromatic heterocycles. The molecule has 1 aliphatic rings. The normalized spacial score (nSPS) is 14.6. The molecule has 5 nitrogen and oxygen atoms in total. The molecular formula is C27H17Cl3N2O3. The number of benzene rings is 4. The fourth-order valence-electron chi connectivity index (χ4n) is 3.92. The van der Waals surface area contributed by atoms with Crippen LogP contribution in [0.15, 0.2) is 84.6 Å². The molecule has 8 heteroatoms. The van der Waals surface area contributed by atoms with Crippen molar-refractivity contribution in [2.24, 2.45) is 0 Å². The second-order valence-corrected chi connectivity index (χ2v) is 9.10. The number of ether oxygens (including phenoxy) is 1. The Morgan fingerprint density at radius 2 is 1.57 bits per heavy atom. The van der Waals surface area contributed by atoms with Gasteiger partial charge in [-0.3, -0.25) is 4.79 Å². The first-order valence-corrected chi connectivity index (χ1v) is 11.8. The molecule has 1 heterocycles. The number of anilines is 1. The molecule has 1 fully saturated rings. The summed E-state index contributed by atoms with van der Waals surface area (Å²) in [6.45, 7) is 0.282. The third kappa shape index (κ3) is 4.71. The lowest BCUT2D eigenvalue weighted by Gasteiger charge is -2.13. The van der Waals surface area contributed by atoms with Crippen molar-refractivity contribution in [2.75, 3.05) is 4.90 Å². The molecule has 0 bridgehead atoms. The third-order valence-electron chi connectivity index (χ3n) is 5.53. The molecule has 35 heavy (non-hydrogen) atoms. The monoisotopic (exact) mass is 522 g/mol. The van der Waals surface area contributed by atoms with Gasteiger partial charge in [0.2, 0.25) is 0 Å². The van der Waals surface area contributed by atoms with Crippen LogP contribution < -0.4 is 15.0 Å². The Bertz CT molecular complexity index is 1490. The second kappa shape index (κ2) is 9.62. The summed E-state index contributed by atoms with van der Waals surface area (Å²) in [5.74, 6) is -0.174. The van der Waals surface area contributed by atoms with E-state index in [4.69, 9.17) is 39.5 Å². The minimum atomic E-state index is -0.573. The molecule has 3 amide bonds. The van der Waals surface area contributed by atoms with Crippen molar-refractivity contribution in [3.63, 3.8) is 0 Å². The van der Waals surface area contributed by atoms with Gasteiger partial charge < -0.3 is 10.1 Å². The van der Waals surface area contributed by atoms with Gasteiger partial charge in [0, 0.05) is 5.02 Å². The lowest BCUT2D eigenvalue weighted by atomic mass is 10.1. The average Bonchev–Trinajstić information content (AvgIpc) is 3.11. The van der Waals surface area contributed by atoms with Crippen molar-refractivity contribution in [3.8, 4) is 5.75 Å². The first-order chi connectivity index (χ1) is 16.9. The molecule has 1 N–H and O–H groups in total. The zero-order valence-corrected chi connectivity index (χ0v) is 20.4. The number of imide groups is 1. The minimum Gasteiger partial charge on any atom is -0.486 e. The van der Waals surface area contributed by atoms with E-state index in [1.165, 1.54) is 12.1 Å². The van der Waals surface area contributed by atoms with Gasteiger partial charge in [0.25, 0.3) is 5.91 Å². The van der Waals surface area contributed by atoms with E-state index in [0.717, 1.165) is 21.2 Å². The summed E-state index contributed by atoms with van der Waals surface area (Å²) in [5.41, 5.74) is 2.00. The Labute approximate surface area is 216 Å². The molecule has 174 valence electrons. The SMILES string of the molecule is O=C1N/C(=C/c2cc(Cl)c(OCc3cccc4ccccc34)c(Cl)c2)C(=O)N1c1cccc(Cl)c1. The number of amides is 3. The third-order valence-corrected chi connectivity index (χ3v) is 6.32. The zero-order valence-electron chi connectivity index (χ0n) is 18.1. The van der Waals surface area contributed by atoms with Crippen LogP contribution in [0.4, 0.5) is 10.5 Å². The number of rotatable bonds is 5. The number of nitrogens with one attached hydrogen (secondary N) is 1. The summed E-state index contributed by atoms with van der Waals surface area (Å²) in [4.78, 5) is 26.3. The maximum absolute atomic E-state index is 12.9. The molecule has 0 unspecified atom stereocenters. The van der Waals surface area contributed by atoms with Gasteiger partial charge in [0.1, 0.15) is 12.3 Å². The highest BCUT2D eigenvalue weighted by atomic mass is 35.5. The fraction of sp³-hybridized carbons (Fsp3) is 0.0370. The van der Waals surface area contributed by atoms with Crippen LogP contribution in [0.25, 0.3) is 16.8 Å². The van der Waals surface area contributed by atoms with Crippen LogP contribution in [-0.2, 0) is 11.4 Å². The molecule has 0 radical (unpaired) electrons. The predicted molar refractivity (Wildman–Crippen MR) is 140 cm³/mol. The summed E-state index contributed by atoms with van der Waals surface area (Å²) in [7, 11) is 0. The van der Waals surface area contributed by atoms with Gasteiger partial charge in [0.15, 0.2) is 5.75 Å². The minimum absolute atomic E-state index is 0.0894. The van der Waals surface area contributed by atoms with Crippen molar-refractivity contribution in [2.45, 2.75) is 6.61 Å². The highest BCUT2D eigenvalue weighted by Gasteiger charge is 2.35. The fourth-order valence-corrected chi connectivity index (χ4v) is 4.72. The highest BCUT2D eigenvalue weighted by molar-refractivity contribution is 6.37. The van der Waals surface area contributed by atoms with E-state index >= 15 is 0 Å². The maximum atomic E-state index is 12.9. The summed E-state index contributed by atoms with van der Waals surface area (Å²) < 4.78 is 5.97. The molecule has 0 saturated carbocycles. The molecule has 0 aliphatic carbocycles. The quantitative estimate of drug-likeness (QED) is 0.218.